The number of rotatable bonds is 2. The highest BCUT2D eigenvalue weighted by Crippen LogP contribution is 2.32. The molecule has 3 heterocycles. The Bertz CT molecular complexity index is 737. The van der Waals surface area contributed by atoms with Gasteiger partial charge in [-0.25, -0.2) is 9.97 Å². The van der Waals surface area contributed by atoms with Crippen LogP contribution in [0.4, 0.5) is 11.5 Å². The van der Waals surface area contributed by atoms with Crippen molar-refractivity contribution in [3.05, 3.63) is 47.9 Å². The van der Waals surface area contributed by atoms with E-state index in [4.69, 9.17) is 0 Å². The van der Waals surface area contributed by atoms with Crippen molar-refractivity contribution in [1.82, 2.24) is 9.97 Å². The van der Waals surface area contributed by atoms with Crippen molar-refractivity contribution < 1.29 is 4.79 Å². The van der Waals surface area contributed by atoms with E-state index in [0.717, 1.165) is 31.0 Å². The van der Waals surface area contributed by atoms with Gasteiger partial charge in [0.15, 0.2) is 0 Å². The van der Waals surface area contributed by atoms with E-state index in [2.05, 4.69) is 27.9 Å². The average Bonchev–Trinajstić information content (AvgIpc) is 2.98. The van der Waals surface area contributed by atoms with Crippen molar-refractivity contribution in [2.45, 2.75) is 38.6 Å². The molecule has 0 aliphatic carbocycles. The van der Waals surface area contributed by atoms with E-state index in [1.165, 1.54) is 24.8 Å². The van der Waals surface area contributed by atoms with Crippen LogP contribution in [0.2, 0.25) is 0 Å². The predicted molar refractivity (Wildman–Crippen MR) is 94.5 cm³/mol. The van der Waals surface area contributed by atoms with Gasteiger partial charge >= 0.3 is 0 Å². The van der Waals surface area contributed by atoms with Crippen LogP contribution in [0.5, 0.6) is 0 Å². The molecule has 0 radical (unpaired) electrons. The van der Waals surface area contributed by atoms with Gasteiger partial charge in [0.05, 0.1) is 12.4 Å². The molecular weight excluding hydrogens is 300 g/mol. The van der Waals surface area contributed by atoms with Gasteiger partial charge in [0, 0.05) is 24.8 Å². The highest BCUT2D eigenvalue weighted by molar-refractivity contribution is 6.06. The highest BCUT2D eigenvalue weighted by Gasteiger charge is 2.32. The summed E-state index contributed by atoms with van der Waals surface area (Å²) >= 11 is 0. The van der Waals surface area contributed by atoms with Crippen LogP contribution >= 0.6 is 0 Å². The van der Waals surface area contributed by atoms with E-state index < -0.39 is 0 Å². The lowest BCUT2D eigenvalue weighted by molar-refractivity contribution is 0.0976. The van der Waals surface area contributed by atoms with Gasteiger partial charge in [0.1, 0.15) is 11.5 Å². The Balaban J connectivity index is 1.56. The van der Waals surface area contributed by atoms with E-state index in [1.54, 1.807) is 12.4 Å². The summed E-state index contributed by atoms with van der Waals surface area (Å²) in [4.78, 5) is 25.9. The number of piperidine rings is 1. The predicted octanol–water partition coefficient (Wildman–Crippen LogP) is 3.06. The van der Waals surface area contributed by atoms with Crippen molar-refractivity contribution in [3.63, 3.8) is 0 Å². The molecule has 1 amide bonds. The lowest BCUT2D eigenvalue weighted by Gasteiger charge is -2.27. The molecule has 5 nitrogen and oxygen atoms in total. The fourth-order valence-electron chi connectivity index (χ4n) is 3.72. The lowest BCUT2D eigenvalue weighted by Crippen LogP contribution is -2.36. The zero-order chi connectivity index (χ0) is 16.5. The summed E-state index contributed by atoms with van der Waals surface area (Å²) in [6.07, 6.45) is 7.94. The number of hydrogen-bond acceptors (Lipinski definition) is 4. The summed E-state index contributed by atoms with van der Waals surface area (Å²) in [6.45, 7) is 4.13. The number of aromatic nitrogens is 2. The smallest absolute Gasteiger partial charge is 0.278 e. The molecule has 0 spiro atoms. The summed E-state index contributed by atoms with van der Waals surface area (Å²) in [6, 6.07) is 8.24. The van der Waals surface area contributed by atoms with Gasteiger partial charge in [-0.1, -0.05) is 18.2 Å². The Morgan fingerprint density at radius 3 is 2.62 bits per heavy atom. The summed E-state index contributed by atoms with van der Waals surface area (Å²) in [7, 11) is 0. The van der Waals surface area contributed by atoms with Crippen LogP contribution in [0.15, 0.2) is 36.7 Å². The molecule has 4 rings (SSSR count). The number of carbonyl (C=O) groups is 1. The number of anilines is 2. The lowest BCUT2D eigenvalue weighted by atomic mass is 10.1. The van der Waals surface area contributed by atoms with Crippen LogP contribution in [-0.2, 0) is 6.42 Å². The minimum absolute atomic E-state index is 0.0647. The number of benzene rings is 1. The first-order valence-corrected chi connectivity index (χ1v) is 8.72. The van der Waals surface area contributed by atoms with Crippen LogP contribution in [0, 0.1) is 0 Å². The SMILES string of the molecule is CC1Cc2ccccc2N1C(=O)c1cnc(N2CCCCC2)cn1. The molecule has 0 N–H and O–H groups in total. The van der Waals surface area contributed by atoms with Crippen LogP contribution in [0.25, 0.3) is 0 Å². The van der Waals surface area contributed by atoms with Crippen LogP contribution in [0.3, 0.4) is 0 Å². The molecule has 1 aromatic carbocycles. The quantitative estimate of drug-likeness (QED) is 0.852. The van der Waals surface area contributed by atoms with E-state index in [9.17, 15) is 4.79 Å². The van der Waals surface area contributed by atoms with E-state index in [1.807, 2.05) is 23.1 Å². The Labute approximate surface area is 142 Å². The first-order chi connectivity index (χ1) is 11.7. The van der Waals surface area contributed by atoms with E-state index >= 15 is 0 Å². The molecule has 1 unspecified atom stereocenters. The Morgan fingerprint density at radius 2 is 1.88 bits per heavy atom. The van der Waals surface area contributed by atoms with Crippen molar-refractivity contribution in [2.75, 3.05) is 22.9 Å². The number of amides is 1. The third-order valence-corrected chi connectivity index (χ3v) is 4.96. The molecular formula is C19H22N4O. The van der Waals surface area contributed by atoms with Gasteiger partial charge < -0.3 is 9.80 Å². The molecule has 2 aliphatic rings. The Kier molecular flexibility index (Phi) is 3.92. The maximum absolute atomic E-state index is 12.9. The molecule has 1 saturated heterocycles. The standard InChI is InChI=1S/C19H22N4O/c1-14-11-15-7-3-4-8-17(15)23(14)19(24)16-12-21-18(13-20-16)22-9-5-2-6-10-22/h3-4,7-8,12-14H,2,5-6,9-11H2,1H3. The monoisotopic (exact) mass is 322 g/mol. The van der Waals surface area contributed by atoms with Gasteiger partial charge in [0.2, 0.25) is 0 Å². The first-order valence-electron chi connectivity index (χ1n) is 8.72. The fraction of sp³-hybridized carbons (Fsp3) is 0.421. The third-order valence-electron chi connectivity index (χ3n) is 4.96. The van der Waals surface area contributed by atoms with Gasteiger partial charge in [-0.3, -0.25) is 4.79 Å². The van der Waals surface area contributed by atoms with Crippen LogP contribution < -0.4 is 9.80 Å². The molecule has 5 heteroatoms. The fourth-order valence-corrected chi connectivity index (χ4v) is 3.72. The molecule has 2 aromatic rings. The topological polar surface area (TPSA) is 49.3 Å². The van der Waals surface area contributed by atoms with Gasteiger partial charge in [-0.15, -0.1) is 0 Å². The summed E-state index contributed by atoms with van der Waals surface area (Å²) < 4.78 is 0. The number of hydrogen-bond donors (Lipinski definition) is 0. The molecule has 2 aliphatic heterocycles. The minimum Gasteiger partial charge on any atom is -0.355 e. The maximum Gasteiger partial charge on any atom is 0.278 e. The number of nitrogens with zero attached hydrogens (tertiary/aromatic N) is 4. The summed E-state index contributed by atoms with van der Waals surface area (Å²) in [5, 5.41) is 0. The molecule has 1 aromatic heterocycles. The maximum atomic E-state index is 12.9. The zero-order valence-corrected chi connectivity index (χ0v) is 14.0. The highest BCUT2D eigenvalue weighted by atomic mass is 16.2. The average molecular weight is 322 g/mol. The summed E-state index contributed by atoms with van der Waals surface area (Å²) in [5.74, 6) is 0.811. The van der Waals surface area contributed by atoms with Crippen molar-refractivity contribution in [1.29, 1.82) is 0 Å². The third kappa shape index (κ3) is 2.64. The van der Waals surface area contributed by atoms with Crippen molar-refractivity contribution >= 4 is 17.4 Å². The normalized spacial score (nSPS) is 20.1. The second-order valence-corrected chi connectivity index (χ2v) is 6.66. The van der Waals surface area contributed by atoms with E-state index in [0.29, 0.717) is 5.69 Å². The summed E-state index contributed by atoms with van der Waals surface area (Å²) in [5.41, 5.74) is 2.63. The van der Waals surface area contributed by atoms with Gasteiger partial charge in [0.25, 0.3) is 5.91 Å². The van der Waals surface area contributed by atoms with Gasteiger partial charge in [-0.2, -0.15) is 0 Å². The number of para-hydroxylation sites is 1. The Morgan fingerprint density at radius 1 is 1.08 bits per heavy atom. The first kappa shape index (κ1) is 15.1. The molecule has 0 bridgehead atoms. The Hall–Kier alpha value is -2.43. The largest absolute Gasteiger partial charge is 0.355 e. The van der Waals surface area contributed by atoms with E-state index in [-0.39, 0.29) is 11.9 Å². The number of fused-ring (bicyclic) bond motifs is 1. The minimum atomic E-state index is -0.0647. The van der Waals surface area contributed by atoms with Crippen LogP contribution in [-0.4, -0.2) is 35.0 Å². The number of carbonyl (C=O) groups excluding carboxylic acids is 1. The molecule has 24 heavy (non-hydrogen) atoms. The molecule has 124 valence electrons. The molecule has 1 atom stereocenters. The zero-order valence-electron chi connectivity index (χ0n) is 14.0. The van der Waals surface area contributed by atoms with Gasteiger partial charge in [-0.05, 0) is 44.2 Å². The second kappa shape index (κ2) is 6.23. The second-order valence-electron chi connectivity index (χ2n) is 6.66. The molecule has 1 fully saturated rings. The van der Waals surface area contributed by atoms with Crippen molar-refractivity contribution in [3.8, 4) is 0 Å². The van der Waals surface area contributed by atoms with Crippen LogP contribution in [0.1, 0.15) is 42.2 Å². The molecule has 0 saturated carbocycles. The van der Waals surface area contributed by atoms with Crippen molar-refractivity contribution in [2.24, 2.45) is 0 Å².